The first-order valence-electron chi connectivity index (χ1n) is 36.6. The van der Waals surface area contributed by atoms with Gasteiger partial charge in [0.15, 0.2) is 0 Å². The van der Waals surface area contributed by atoms with E-state index in [9.17, 15) is 0 Å². The van der Waals surface area contributed by atoms with Crippen molar-refractivity contribution in [3.63, 3.8) is 0 Å². The van der Waals surface area contributed by atoms with Crippen molar-refractivity contribution in [1.29, 1.82) is 0 Å². The second-order valence-electron chi connectivity index (χ2n) is 26.6. The van der Waals surface area contributed by atoms with Crippen LogP contribution in [0.25, 0.3) is 0 Å². The first-order chi connectivity index (χ1) is 53.9. The van der Waals surface area contributed by atoms with E-state index in [-0.39, 0.29) is 0 Å². The average Bonchev–Trinajstić information content (AvgIpc) is 0.820. The minimum atomic E-state index is -1.52. The number of halogens is 2. The topological polar surface area (TPSA) is 43.5 Å². The third-order valence-corrected chi connectivity index (χ3v) is 19.7. The standard InChI is InChI=1S/C99H78F2N8/c100-73-99(74-101,75-41-45-77(46-42-75)102-79-49-53-89(54-50-79)108(95-65-57-91(58-66-95)104(81-25-9-1-10-26-81)82-27-11-2-12-28-82)96-67-59-92(60-68-96)105(83-29-13-3-14-30-83)84-31-15-4-16-32-84)76-43-47-78(48-44-76)103-80-51-55-90(56-52-80)109(97-69-61-93(62-70-97)106(85-33-17-5-18-34-85)86-35-19-6-20-36-86)98-71-63-94(64-72-98)107(87-37-21-7-22-38-87)88-39-23-8-24-40-88/h1-72,102-103H,73-74H2. The van der Waals surface area contributed by atoms with Crippen molar-refractivity contribution < 1.29 is 8.78 Å². The summed E-state index contributed by atoms with van der Waals surface area (Å²) in [5.41, 5.74) is 21.2. The van der Waals surface area contributed by atoms with Crippen molar-refractivity contribution in [1.82, 2.24) is 0 Å². The van der Waals surface area contributed by atoms with Gasteiger partial charge in [-0.25, -0.2) is 8.78 Å². The highest BCUT2D eigenvalue weighted by molar-refractivity contribution is 5.87. The Morgan fingerprint density at radius 1 is 0.156 bits per heavy atom. The molecule has 0 bridgehead atoms. The van der Waals surface area contributed by atoms with Gasteiger partial charge in [0.2, 0.25) is 0 Å². The normalized spacial score (nSPS) is 11.1. The van der Waals surface area contributed by atoms with E-state index in [4.69, 9.17) is 0 Å². The van der Waals surface area contributed by atoms with E-state index in [1.54, 1.807) is 0 Å². The summed E-state index contributed by atoms with van der Waals surface area (Å²) in [7, 11) is 0. The fraction of sp³-hybridized carbons (Fsp3) is 0.0303. The molecule has 528 valence electrons. The molecular formula is C99H78F2N8. The van der Waals surface area contributed by atoms with Crippen LogP contribution >= 0.6 is 0 Å². The molecule has 109 heavy (non-hydrogen) atoms. The summed E-state index contributed by atoms with van der Waals surface area (Å²) >= 11 is 0. The smallest absolute Gasteiger partial charge is 0.106 e. The Balaban J connectivity index is 0.638. The van der Waals surface area contributed by atoms with Crippen LogP contribution in [-0.4, -0.2) is 13.3 Å². The fourth-order valence-corrected chi connectivity index (χ4v) is 14.3. The molecule has 0 fully saturated rings. The van der Waals surface area contributed by atoms with Gasteiger partial charge in [-0.3, -0.25) is 0 Å². The zero-order valence-electron chi connectivity index (χ0n) is 59.9. The highest BCUT2D eigenvalue weighted by atomic mass is 19.1. The summed E-state index contributed by atoms with van der Waals surface area (Å²) in [6.45, 7) is -1.85. The van der Waals surface area contributed by atoms with Gasteiger partial charge in [-0.2, -0.15) is 0 Å². The lowest BCUT2D eigenvalue weighted by atomic mass is 9.76. The Labute approximate surface area is 636 Å². The molecule has 8 nitrogen and oxygen atoms in total. The minimum absolute atomic E-state index is 0.539. The molecule has 0 saturated carbocycles. The molecule has 0 saturated heterocycles. The van der Waals surface area contributed by atoms with Crippen LogP contribution in [0.5, 0.6) is 0 Å². The number of alkyl halides is 2. The largest absolute Gasteiger partial charge is 0.356 e. The molecule has 10 heteroatoms. The van der Waals surface area contributed by atoms with Crippen molar-refractivity contribution in [3.05, 3.63) is 448 Å². The maximum atomic E-state index is 15.8. The molecule has 16 aromatic rings. The second-order valence-corrected chi connectivity index (χ2v) is 26.6. The summed E-state index contributed by atoms with van der Waals surface area (Å²) < 4.78 is 31.5. The number of para-hydroxylation sites is 8. The quantitative estimate of drug-likeness (QED) is 0.0556. The van der Waals surface area contributed by atoms with Gasteiger partial charge in [-0.15, -0.1) is 0 Å². The molecule has 0 amide bonds. The third-order valence-electron chi connectivity index (χ3n) is 19.7. The first-order valence-corrected chi connectivity index (χ1v) is 36.6. The van der Waals surface area contributed by atoms with E-state index < -0.39 is 18.8 Å². The molecule has 0 heterocycles. The lowest BCUT2D eigenvalue weighted by Crippen LogP contribution is -2.32. The third kappa shape index (κ3) is 15.2. The van der Waals surface area contributed by atoms with E-state index in [1.165, 1.54) is 0 Å². The number of rotatable bonds is 26. The van der Waals surface area contributed by atoms with Crippen LogP contribution in [0, 0.1) is 0 Å². The van der Waals surface area contributed by atoms with Crippen molar-refractivity contribution in [2.45, 2.75) is 5.41 Å². The van der Waals surface area contributed by atoms with Crippen molar-refractivity contribution in [3.8, 4) is 0 Å². The van der Waals surface area contributed by atoms with E-state index in [0.717, 1.165) is 125 Å². The molecule has 0 unspecified atom stereocenters. The average molecular weight is 1420 g/mol. The number of benzene rings is 16. The highest BCUT2D eigenvalue weighted by Gasteiger charge is 2.35. The fourth-order valence-electron chi connectivity index (χ4n) is 14.3. The number of hydrogen-bond acceptors (Lipinski definition) is 8. The van der Waals surface area contributed by atoms with Crippen LogP contribution < -0.4 is 40.0 Å². The summed E-state index contributed by atoms with van der Waals surface area (Å²) in [6.07, 6.45) is 0. The number of nitrogens with zero attached hydrogens (tertiary/aromatic N) is 6. The maximum Gasteiger partial charge on any atom is 0.106 e. The molecule has 16 aromatic carbocycles. The first kappa shape index (κ1) is 69.2. The molecule has 2 N–H and O–H groups in total. The van der Waals surface area contributed by atoms with Gasteiger partial charge < -0.3 is 40.0 Å². The molecule has 0 aromatic heterocycles. The number of anilines is 22. The molecule has 0 aliphatic carbocycles. The highest BCUT2D eigenvalue weighted by Crippen LogP contribution is 2.46. The Morgan fingerprint density at radius 2 is 0.275 bits per heavy atom. The van der Waals surface area contributed by atoms with Gasteiger partial charge in [0.25, 0.3) is 0 Å². The van der Waals surface area contributed by atoms with E-state index in [2.05, 4.69) is 380 Å². The summed E-state index contributed by atoms with van der Waals surface area (Å²) in [5, 5.41) is 7.13. The summed E-state index contributed by atoms with van der Waals surface area (Å²) in [4.78, 5) is 13.6. The Kier molecular flexibility index (Phi) is 20.6. The molecule has 0 atom stereocenters. The van der Waals surface area contributed by atoms with Crippen LogP contribution in [0.1, 0.15) is 11.1 Å². The van der Waals surface area contributed by atoms with Gasteiger partial charge in [0.05, 0.1) is 5.41 Å². The van der Waals surface area contributed by atoms with Crippen LogP contribution in [0.15, 0.2) is 437 Å². The lowest BCUT2D eigenvalue weighted by molar-refractivity contribution is 0.279. The van der Waals surface area contributed by atoms with Crippen LogP contribution in [-0.2, 0) is 5.41 Å². The maximum absolute atomic E-state index is 15.8. The Morgan fingerprint density at radius 3 is 0.413 bits per heavy atom. The zero-order chi connectivity index (χ0) is 73.6. The molecule has 0 aliphatic rings. The molecule has 16 rings (SSSR count). The van der Waals surface area contributed by atoms with Gasteiger partial charge in [-0.05, 0) is 278 Å². The van der Waals surface area contributed by atoms with Crippen LogP contribution in [0.2, 0.25) is 0 Å². The zero-order valence-corrected chi connectivity index (χ0v) is 59.9. The lowest BCUT2D eigenvalue weighted by Gasteiger charge is -2.30. The summed E-state index contributed by atoms with van der Waals surface area (Å²) in [5.74, 6) is 0. The molecular weight excluding hydrogens is 1340 g/mol. The van der Waals surface area contributed by atoms with Crippen molar-refractivity contribution in [2.24, 2.45) is 0 Å². The van der Waals surface area contributed by atoms with Crippen LogP contribution in [0.4, 0.5) is 134 Å². The molecule has 0 aliphatic heterocycles. The predicted molar refractivity (Wildman–Crippen MR) is 453 cm³/mol. The van der Waals surface area contributed by atoms with Gasteiger partial charge in [0.1, 0.15) is 13.3 Å². The predicted octanol–water partition coefficient (Wildman–Crippen LogP) is 28.2. The summed E-state index contributed by atoms with van der Waals surface area (Å²) in [6, 6.07) is 150. The minimum Gasteiger partial charge on any atom is -0.356 e. The Hall–Kier alpha value is -14.2. The van der Waals surface area contributed by atoms with E-state index in [1.807, 2.05) is 97.1 Å². The van der Waals surface area contributed by atoms with Gasteiger partial charge in [-0.1, -0.05) is 170 Å². The van der Waals surface area contributed by atoms with Gasteiger partial charge >= 0.3 is 0 Å². The van der Waals surface area contributed by atoms with Crippen molar-refractivity contribution in [2.75, 3.05) is 53.4 Å². The SMILES string of the molecule is FCC(CF)(c1ccc(Nc2ccc(N(c3ccc(N(c4ccccc4)c4ccccc4)cc3)c3ccc(N(c4ccccc4)c4ccccc4)cc3)cc2)cc1)c1ccc(Nc2ccc(N(c3ccc(N(c4ccccc4)c4ccccc4)cc3)c3ccc(N(c4ccccc4)c4ccccc4)cc3)cc2)cc1. The Bertz CT molecular complexity index is 4750. The molecule has 0 radical (unpaired) electrons. The van der Waals surface area contributed by atoms with Crippen LogP contribution in [0.3, 0.4) is 0 Å². The van der Waals surface area contributed by atoms with Gasteiger partial charge in [0, 0.05) is 125 Å². The number of hydrogen-bond donors (Lipinski definition) is 2. The monoisotopic (exact) mass is 1420 g/mol. The molecule has 0 spiro atoms. The number of nitrogens with one attached hydrogen (secondary N) is 2. The van der Waals surface area contributed by atoms with E-state index >= 15 is 8.78 Å². The van der Waals surface area contributed by atoms with Crippen molar-refractivity contribution >= 4 is 125 Å². The second kappa shape index (κ2) is 32.4. The van der Waals surface area contributed by atoms with E-state index in [0.29, 0.717) is 11.1 Å².